The van der Waals surface area contributed by atoms with Crippen molar-refractivity contribution in [1.82, 2.24) is 9.80 Å². The summed E-state index contributed by atoms with van der Waals surface area (Å²) in [7, 11) is 1.86. The number of halogens is 1. The molecule has 3 fully saturated rings. The second kappa shape index (κ2) is 7.86. The minimum absolute atomic E-state index is 0.00615. The molecule has 1 amide bonds. The maximum atomic E-state index is 13.5. The Morgan fingerprint density at radius 1 is 1.22 bits per heavy atom. The second-order valence-corrected chi connectivity index (χ2v) is 12.1. The highest BCUT2D eigenvalue weighted by Crippen LogP contribution is 2.66. The maximum absolute atomic E-state index is 13.5. The van der Waals surface area contributed by atoms with Crippen molar-refractivity contribution in [3.63, 3.8) is 0 Å². The second-order valence-electron chi connectivity index (χ2n) is 11.7. The SMILES string of the molecule is CN(C(=O)Cc1cccc(Cl)c1)[C@H]1CC[C@@]2(O)[C@H]3Cc4ccc(O)c5c4[C@@]2(CCN3CC2CC2)[C@H]1O5. The number of likely N-dealkylation sites (tertiary alicyclic amines) is 1. The Bertz CT molecular complexity index is 1250. The van der Waals surface area contributed by atoms with Gasteiger partial charge in [0.1, 0.15) is 6.10 Å². The van der Waals surface area contributed by atoms with Crippen molar-refractivity contribution < 1.29 is 19.7 Å². The standard InChI is InChI=1S/C29H33ClN2O4/c1-31(24(34)14-18-3-2-4-20(30)13-18)21-9-10-29(35)23-15-19-7-8-22(33)26-25(19)28(29,27(21)36-26)11-12-32(23)16-17-5-6-17/h2-4,7-8,13,17,21,23,27,33,35H,5-6,9-12,14-16H2,1H3/t21-,23+,27-,28-,29+/m0/s1. The van der Waals surface area contributed by atoms with Gasteiger partial charge in [-0.3, -0.25) is 9.69 Å². The van der Waals surface area contributed by atoms with Gasteiger partial charge in [0.25, 0.3) is 0 Å². The zero-order valence-corrected chi connectivity index (χ0v) is 21.4. The van der Waals surface area contributed by atoms with E-state index in [4.69, 9.17) is 16.3 Å². The molecule has 1 saturated heterocycles. The van der Waals surface area contributed by atoms with Crippen molar-refractivity contribution in [2.75, 3.05) is 20.1 Å². The molecular weight excluding hydrogens is 476 g/mol. The number of benzene rings is 2. The quantitative estimate of drug-likeness (QED) is 0.644. The van der Waals surface area contributed by atoms with E-state index in [-0.39, 0.29) is 30.2 Å². The highest BCUT2D eigenvalue weighted by Gasteiger charge is 2.73. The van der Waals surface area contributed by atoms with Gasteiger partial charge >= 0.3 is 0 Å². The molecule has 3 aliphatic carbocycles. The lowest BCUT2D eigenvalue weighted by Crippen LogP contribution is -2.78. The third kappa shape index (κ3) is 3.07. The number of amides is 1. The van der Waals surface area contributed by atoms with Gasteiger partial charge in [0.2, 0.25) is 5.91 Å². The molecule has 5 atom stereocenters. The van der Waals surface area contributed by atoms with Crippen molar-refractivity contribution in [3.05, 3.63) is 58.1 Å². The van der Waals surface area contributed by atoms with Crippen LogP contribution in [-0.4, -0.2) is 69.8 Å². The zero-order chi connectivity index (χ0) is 24.8. The molecule has 7 rings (SSSR count). The molecule has 2 N–H and O–H groups in total. The molecule has 190 valence electrons. The molecule has 6 nitrogen and oxygen atoms in total. The predicted octanol–water partition coefficient (Wildman–Crippen LogP) is 3.68. The Hall–Kier alpha value is -2.28. The third-order valence-electron chi connectivity index (χ3n) is 9.87. The number of hydrogen-bond donors (Lipinski definition) is 2. The van der Waals surface area contributed by atoms with Crippen molar-refractivity contribution >= 4 is 17.5 Å². The van der Waals surface area contributed by atoms with Crippen molar-refractivity contribution in [2.24, 2.45) is 5.92 Å². The first kappa shape index (κ1) is 22.9. The Balaban J connectivity index is 1.26. The summed E-state index contributed by atoms with van der Waals surface area (Å²) in [5, 5.41) is 24.0. The molecule has 1 spiro atoms. The van der Waals surface area contributed by atoms with Crippen LogP contribution in [-0.2, 0) is 23.1 Å². The molecule has 0 aromatic heterocycles. The van der Waals surface area contributed by atoms with Crippen LogP contribution in [0.3, 0.4) is 0 Å². The molecule has 36 heavy (non-hydrogen) atoms. The molecular formula is C29H33ClN2O4. The van der Waals surface area contributed by atoms with E-state index in [0.717, 1.165) is 43.0 Å². The third-order valence-corrected chi connectivity index (χ3v) is 10.1. The van der Waals surface area contributed by atoms with E-state index in [9.17, 15) is 15.0 Å². The van der Waals surface area contributed by atoms with Crippen molar-refractivity contribution in [3.8, 4) is 11.5 Å². The number of aromatic hydroxyl groups is 1. The number of phenols is 1. The maximum Gasteiger partial charge on any atom is 0.227 e. The van der Waals surface area contributed by atoms with E-state index in [1.54, 1.807) is 6.07 Å². The topological polar surface area (TPSA) is 73.2 Å². The summed E-state index contributed by atoms with van der Waals surface area (Å²) >= 11 is 6.15. The molecule has 7 heteroatoms. The van der Waals surface area contributed by atoms with Gasteiger partial charge in [-0.2, -0.15) is 0 Å². The molecule has 2 aromatic rings. The molecule has 2 aliphatic heterocycles. The van der Waals surface area contributed by atoms with Crippen LogP contribution >= 0.6 is 11.6 Å². The summed E-state index contributed by atoms with van der Waals surface area (Å²) in [6.07, 6.45) is 5.27. The number of piperidine rings is 1. The monoisotopic (exact) mass is 508 g/mol. The summed E-state index contributed by atoms with van der Waals surface area (Å²) in [5.74, 6) is 1.41. The number of likely N-dealkylation sites (N-methyl/N-ethyl adjacent to an activating group) is 1. The molecule has 2 bridgehead atoms. The summed E-state index contributed by atoms with van der Waals surface area (Å²) in [6, 6.07) is 11.0. The number of carbonyl (C=O) groups excluding carboxylic acids is 1. The van der Waals surface area contributed by atoms with Crippen LogP contribution in [0.25, 0.3) is 0 Å². The first-order chi connectivity index (χ1) is 17.3. The van der Waals surface area contributed by atoms with Gasteiger partial charge in [0.15, 0.2) is 11.5 Å². The molecule has 2 saturated carbocycles. The van der Waals surface area contributed by atoms with E-state index in [2.05, 4.69) is 4.90 Å². The lowest BCUT2D eigenvalue weighted by molar-refractivity contribution is -0.200. The van der Waals surface area contributed by atoms with Gasteiger partial charge in [-0.1, -0.05) is 29.8 Å². The predicted molar refractivity (Wildman–Crippen MR) is 137 cm³/mol. The van der Waals surface area contributed by atoms with Gasteiger partial charge in [-0.15, -0.1) is 0 Å². The number of ether oxygens (including phenoxy) is 1. The number of rotatable bonds is 5. The van der Waals surface area contributed by atoms with Crippen LogP contribution in [0, 0.1) is 5.92 Å². The van der Waals surface area contributed by atoms with Crippen LogP contribution in [0.2, 0.25) is 5.02 Å². The van der Waals surface area contributed by atoms with E-state index < -0.39 is 17.1 Å². The number of carbonyl (C=O) groups is 1. The van der Waals surface area contributed by atoms with Gasteiger partial charge in [0.05, 0.1) is 23.5 Å². The van der Waals surface area contributed by atoms with Gasteiger partial charge in [-0.05, 0) is 80.3 Å². The molecule has 0 radical (unpaired) electrons. The van der Waals surface area contributed by atoms with Crippen LogP contribution < -0.4 is 4.74 Å². The molecule has 5 aliphatic rings. The number of aliphatic hydroxyl groups is 1. The van der Waals surface area contributed by atoms with Gasteiger partial charge in [-0.25, -0.2) is 0 Å². The van der Waals surface area contributed by atoms with Crippen molar-refractivity contribution in [2.45, 2.75) is 74.1 Å². The number of phenolic OH excluding ortho intramolecular Hbond substituents is 1. The van der Waals surface area contributed by atoms with E-state index in [1.165, 1.54) is 18.4 Å². The smallest absolute Gasteiger partial charge is 0.227 e. The first-order valence-electron chi connectivity index (χ1n) is 13.3. The van der Waals surface area contributed by atoms with E-state index in [1.807, 2.05) is 42.3 Å². The van der Waals surface area contributed by atoms with Crippen LogP contribution in [0.4, 0.5) is 0 Å². The summed E-state index contributed by atoms with van der Waals surface area (Å²) < 4.78 is 6.61. The van der Waals surface area contributed by atoms with Gasteiger partial charge in [0, 0.05) is 30.2 Å². The lowest BCUT2D eigenvalue weighted by atomic mass is 9.48. The Labute approximate surface area is 216 Å². The van der Waals surface area contributed by atoms with E-state index in [0.29, 0.717) is 23.6 Å². The van der Waals surface area contributed by atoms with Gasteiger partial charge < -0.3 is 19.8 Å². The highest BCUT2D eigenvalue weighted by atomic mass is 35.5. The van der Waals surface area contributed by atoms with Crippen LogP contribution in [0.1, 0.15) is 48.8 Å². The Morgan fingerprint density at radius 3 is 2.83 bits per heavy atom. The summed E-state index contributed by atoms with van der Waals surface area (Å²) in [5.41, 5.74) is 1.50. The fraction of sp³-hybridized carbons (Fsp3) is 0.552. The molecule has 2 heterocycles. The Morgan fingerprint density at radius 2 is 2.06 bits per heavy atom. The average molecular weight is 509 g/mol. The minimum Gasteiger partial charge on any atom is -0.504 e. The molecule has 2 aromatic carbocycles. The average Bonchev–Trinajstić information content (AvgIpc) is 3.59. The number of nitrogens with zero attached hydrogens (tertiary/aromatic N) is 2. The van der Waals surface area contributed by atoms with Crippen LogP contribution in [0.15, 0.2) is 36.4 Å². The fourth-order valence-electron chi connectivity index (χ4n) is 7.98. The fourth-order valence-corrected chi connectivity index (χ4v) is 8.20. The van der Waals surface area contributed by atoms with E-state index >= 15 is 0 Å². The van der Waals surface area contributed by atoms with Crippen molar-refractivity contribution in [1.29, 1.82) is 0 Å². The summed E-state index contributed by atoms with van der Waals surface area (Å²) in [4.78, 5) is 17.8. The minimum atomic E-state index is -0.940. The summed E-state index contributed by atoms with van der Waals surface area (Å²) in [6.45, 7) is 1.96. The molecule has 0 unspecified atom stereocenters. The van der Waals surface area contributed by atoms with Crippen LogP contribution in [0.5, 0.6) is 11.5 Å². The Kier molecular flexibility index (Phi) is 5.00. The highest BCUT2D eigenvalue weighted by molar-refractivity contribution is 6.30. The largest absolute Gasteiger partial charge is 0.504 e. The first-order valence-corrected chi connectivity index (χ1v) is 13.7. The lowest BCUT2D eigenvalue weighted by Gasteiger charge is -2.64. The zero-order valence-electron chi connectivity index (χ0n) is 20.6. The number of hydrogen-bond acceptors (Lipinski definition) is 5. The normalized spacial score (nSPS) is 34.1.